The topological polar surface area (TPSA) is 69.2 Å². The molecule has 0 amide bonds. The van der Waals surface area contributed by atoms with Gasteiger partial charge in [-0.2, -0.15) is 0 Å². The van der Waals surface area contributed by atoms with E-state index in [0.29, 0.717) is 36.1 Å². The summed E-state index contributed by atoms with van der Waals surface area (Å²) in [7, 11) is 0. The van der Waals surface area contributed by atoms with Crippen molar-refractivity contribution in [2.24, 2.45) is 0 Å². The minimum absolute atomic E-state index is 0.0813. The fraction of sp³-hybridized carbons (Fsp3) is 0.200. The van der Waals surface area contributed by atoms with Crippen LogP contribution in [0, 0.1) is 0 Å². The second-order valence-electron chi connectivity index (χ2n) is 6.44. The molecule has 0 bridgehead atoms. The van der Waals surface area contributed by atoms with Gasteiger partial charge in [0.25, 0.3) is 5.56 Å². The Morgan fingerprint density at radius 3 is 2.69 bits per heavy atom. The highest BCUT2D eigenvalue weighted by atomic mass is 35.5. The third kappa shape index (κ3) is 3.36. The maximum absolute atomic E-state index is 12.5. The summed E-state index contributed by atoms with van der Waals surface area (Å²) in [4.78, 5) is 22.2. The van der Waals surface area contributed by atoms with Gasteiger partial charge in [0.1, 0.15) is 11.6 Å². The van der Waals surface area contributed by atoms with Crippen molar-refractivity contribution in [1.29, 1.82) is 0 Å². The number of rotatable bonds is 3. The zero-order chi connectivity index (χ0) is 18.1. The number of hydrogen-bond donors (Lipinski definition) is 2. The predicted molar refractivity (Wildman–Crippen MR) is 101 cm³/mol. The van der Waals surface area contributed by atoms with Crippen molar-refractivity contribution in [2.75, 3.05) is 6.54 Å². The lowest BCUT2D eigenvalue weighted by Crippen LogP contribution is -2.35. The summed E-state index contributed by atoms with van der Waals surface area (Å²) < 4.78 is 0. The summed E-state index contributed by atoms with van der Waals surface area (Å²) in [5, 5.41) is 10.6. The van der Waals surface area contributed by atoms with Crippen LogP contribution in [0.3, 0.4) is 0 Å². The third-order valence-electron chi connectivity index (χ3n) is 4.66. The smallest absolute Gasteiger partial charge is 0.254 e. The molecule has 6 heteroatoms. The Balaban J connectivity index is 1.62. The molecule has 0 saturated carbocycles. The van der Waals surface area contributed by atoms with Gasteiger partial charge in [-0.3, -0.25) is 9.69 Å². The number of fused-ring (bicyclic) bond motifs is 1. The number of H-pyrrole nitrogens is 1. The van der Waals surface area contributed by atoms with E-state index in [1.165, 1.54) is 0 Å². The van der Waals surface area contributed by atoms with E-state index in [4.69, 9.17) is 11.6 Å². The van der Waals surface area contributed by atoms with Crippen molar-refractivity contribution in [3.8, 4) is 17.1 Å². The number of nitrogens with zero attached hydrogens (tertiary/aromatic N) is 2. The summed E-state index contributed by atoms with van der Waals surface area (Å²) in [5.74, 6) is 0.842. The van der Waals surface area contributed by atoms with Crippen LogP contribution in [0.2, 0.25) is 5.02 Å². The van der Waals surface area contributed by atoms with Crippen LogP contribution in [0.1, 0.15) is 16.8 Å². The van der Waals surface area contributed by atoms with Gasteiger partial charge in [0, 0.05) is 41.3 Å². The summed E-state index contributed by atoms with van der Waals surface area (Å²) in [6, 6.07) is 14.6. The number of benzene rings is 2. The molecule has 4 rings (SSSR count). The van der Waals surface area contributed by atoms with E-state index in [-0.39, 0.29) is 5.56 Å². The number of phenols is 1. The van der Waals surface area contributed by atoms with Crippen LogP contribution in [-0.4, -0.2) is 26.5 Å². The molecule has 2 heterocycles. The largest absolute Gasteiger partial charge is 0.508 e. The summed E-state index contributed by atoms with van der Waals surface area (Å²) in [5.41, 5.74) is 3.16. The number of phenolic OH excluding ortho intramolecular Hbond substituents is 1. The second kappa shape index (κ2) is 6.94. The highest BCUT2D eigenvalue weighted by Gasteiger charge is 2.22. The van der Waals surface area contributed by atoms with Gasteiger partial charge in [0.15, 0.2) is 0 Å². The highest BCUT2D eigenvalue weighted by molar-refractivity contribution is 6.30. The minimum atomic E-state index is -0.0813. The van der Waals surface area contributed by atoms with Crippen LogP contribution in [0.25, 0.3) is 11.4 Å². The molecular weight excluding hydrogens is 350 g/mol. The first-order valence-corrected chi connectivity index (χ1v) is 8.85. The molecular formula is C20H18ClN3O2. The molecule has 1 aliphatic rings. The average Bonchev–Trinajstić information content (AvgIpc) is 2.64. The molecule has 0 radical (unpaired) electrons. The lowest BCUT2D eigenvalue weighted by atomic mass is 10.0. The van der Waals surface area contributed by atoms with Crippen molar-refractivity contribution in [1.82, 2.24) is 14.9 Å². The molecule has 1 aromatic heterocycles. The predicted octanol–water partition coefficient (Wildman–Crippen LogP) is 3.35. The van der Waals surface area contributed by atoms with Crippen LogP contribution in [-0.2, 0) is 19.5 Å². The lowest BCUT2D eigenvalue weighted by Gasteiger charge is -2.28. The number of para-hydroxylation sites is 1. The normalized spacial score (nSPS) is 14.2. The monoisotopic (exact) mass is 367 g/mol. The number of aromatic amines is 1. The molecule has 132 valence electrons. The molecule has 0 unspecified atom stereocenters. The van der Waals surface area contributed by atoms with E-state index in [9.17, 15) is 9.90 Å². The van der Waals surface area contributed by atoms with Gasteiger partial charge in [0.2, 0.25) is 0 Å². The van der Waals surface area contributed by atoms with Crippen molar-refractivity contribution in [3.05, 3.63) is 80.7 Å². The molecule has 0 aliphatic carbocycles. The Morgan fingerprint density at radius 1 is 1.15 bits per heavy atom. The van der Waals surface area contributed by atoms with Crippen LogP contribution in [0.5, 0.6) is 5.75 Å². The third-order valence-corrected chi connectivity index (χ3v) is 4.91. The van der Waals surface area contributed by atoms with Crippen LogP contribution in [0.4, 0.5) is 0 Å². The second-order valence-corrected chi connectivity index (χ2v) is 6.87. The van der Waals surface area contributed by atoms with Crippen LogP contribution in [0.15, 0.2) is 53.3 Å². The number of hydrogen-bond acceptors (Lipinski definition) is 4. The summed E-state index contributed by atoms with van der Waals surface area (Å²) >= 11 is 5.94. The molecule has 2 N–H and O–H groups in total. The maximum atomic E-state index is 12.5. The van der Waals surface area contributed by atoms with Gasteiger partial charge in [-0.15, -0.1) is 0 Å². The SMILES string of the molecule is O=c1[nH]c(-c2ccc(Cl)cc2)nc2c1CCN(Cc1ccccc1O)C2. The van der Waals surface area contributed by atoms with E-state index in [0.717, 1.165) is 28.9 Å². The summed E-state index contributed by atoms with van der Waals surface area (Å²) in [6.07, 6.45) is 0.645. The van der Waals surface area contributed by atoms with Crippen molar-refractivity contribution < 1.29 is 5.11 Å². The van der Waals surface area contributed by atoms with E-state index in [1.54, 1.807) is 18.2 Å². The first-order chi connectivity index (χ1) is 12.6. The molecule has 26 heavy (non-hydrogen) atoms. The Bertz CT molecular complexity index is 999. The highest BCUT2D eigenvalue weighted by Crippen LogP contribution is 2.23. The van der Waals surface area contributed by atoms with E-state index < -0.39 is 0 Å². The van der Waals surface area contributed by atoms with Gasteiger partial charge < -0.3 is 10.1 Å². The number of aromatic hydroxyl groups is 1. The van der Waals surface area contributed by atoms with Gasteiger partial charge in [0.05, 0.1) is 5.69 Å². The maximum Gasteiger partial charge on any atom is 0.254 e. The van der Waals surface area contributed by atoms with Gasteiger partial charge in [-0.1, -0.05) is 29.8 Å². The first-order valence-electron chi connectivity index (χ1n) is 8.47. The quantitative estimate of drug-likeness (QED) is 0.744. The fourth-order valence-corrected chi connectivity index (χ4v) is 3.38. The molecule has 3 aromatic rings. The molecule has 5 nitrogen and oxygen atoms in total. The summed E-state index contributed by atoms with van der Waals surface area (Å²) in [6.45, 7) is 1.96. The molecule has 2 aromatic carbocycles. The molecule has 0 atom stereocenters. The van der Waals surface area contributed by atoms with Crippen LogP contribution >= 0.6 is 11.6 Å². The zero-order valence-corrected chi connectivity index (χ0v) is 14.8. The molecule has 0 fully saturated rings. The average molecular weight is 368 g/mol. The fourth-order valence-electron chi connectivity index (χ4n) is 3.26. The lowest BCUT2D eigenvalue weighted by molar-refractivity contribution is 0.237. The van der Waals surface area contributed by atoms with Gasteiger partial charge in [-0.05, 0) is 36.8 Å². The molecule has 0 saturated heterocycles. The Kier molecular flexibility index (Phi) is 4.49. The van der Waals surface area contributed by atoms with Crippen molar-refractivity contribution in [2.45, 2.75) is 19.5 Å². The van der Waals surface area contributed by atoms with Crippen molar-refractivity contribution >= 4 is 11.6 Å². The zero-order valence-electron chi connectivity index (χ0n) is 14.1. The Labute approximate surface area is 155 Å². The van der Waals surface area contributed by atoms with E-state index >= 15 is 0 Å². The van der Waals surface area contributed by atoms with Gasteiger partial charge in [-0.25, -0.2) is 4.98 Å². The number of aromatic nitrogens is 2. The standard InChI is InChI=1S/C20H18ClN3O2/c21-15-7-5-13(6-8-15)19-22-17-12-24(10-9-16(17)20(26)23-19)11-14-3-1-2-4-18(14)25/h1-8,25H,9-12H2,(H,22,23,26). The Hall–Kier alpha value is -2.63. The number of halogens is 1. The molecule has 1 aliphatic heterocycles. The number of nitrogens with one attached hydrogen (secondary N) is 1. The van der Waals surface area contributed by atoms with E-state index in [1.807, 2.05) is 30.3 Å². The Morgan fingerprint density at radius 2 is 1.92 bits per heavy atom. The molecule has 0 spiro atoms. The van der Waals surface area contributed by atoms with E-state index in [2.05, 4.69) is 14.9 Å². The van der Waals surface area contributed by atoms with Crippen LogP contribution < -0.4 is 5.56 Å². The van der Waals surface area contributed by atoms with Gasteiger partial charge >= 0.3 is 0 Å². The van der Waals surface area contributed by atoms with Crippen molar-refractivity contribution in [3.63, 3.8) is 0 Å². The minimum Gasteiger partial charge on any atom is -0.508 e. The first kappa shape index (κ1) is 16.8.